The number of nitrogen functional groups attached to an aromatic ring is 1. The molecule has 0 spiro atoms. The third-order valence-electron chi connectivity index (χ3n) is 4.25. The Bertz CT molecular complexity index is 1120. The summed E-state index contributed by atoms with van der Waals surface area (Å²) >= 11 is 1.26. The molecule has 5 heteroatoms. The van der Waals surface area contributed by atoms with Crippen LogP contribution in [0.4, 0.5) is 10.1 Å². The minimum absolute atomic E-state index is 0.220. The number of ketones is 1. The molecule has 0 aliphatic rings. The van der Waals surface area contributed by atoms with E-state index >= 15 is 0 Å². The van der Waals surface area contributed by atoms with E-state index in [4.69, 9.17) is 5.73 Å². The van der Waals surface area contributed by atoms with Gasteiger partial charge in [-0.2, -0.15) is 0 Å². The number of carbonyl (C=O) groups is 1. The normalized spacial score (nSPS) is 11.0. The zero-order valence-corrected chi connectivity index (χ0v) is 14.8. The topological polar surface area (TPSA) is 56.0 Å². The monoisotopic (exact) mass is 362 g/mol. The van der Waals surface area contributed by atoms with Crippen molar-refractivity contribution in [3.8, 4) is 11.3 Å². The summed E-state index contributed by atoms with van der Waals surface area (Å²) in [4.78, 5) is 18.5. The quantitative estimate of drug-likeness (QED) is 0.508. The van der Waals surface area contributed by atoms with Gasteiger partial charge in [0.1, 0.15) is 15.5 Å². The van der Waals surface area contributed by atoms with Crippen LogP contribution in [0.25, 0.3) is 21.5 Å². The number of aromatic nitrogens is 1. The molecule has 0 bridgehead atoms. The highest BCUT2D eigenvalue weighted by Gasteiger charge is 2.19. The lowest BCUT2D eigenvalue weighted by molar-refractivity contribution is 0.104. The first-order valence-electron chi connectivity index (χ1n) is 8.09. The molecule has 3 nitrogen and oxygen atoms in total. The van der Waals surface area contributed by atoms with E-state index in [9.17, 15) is 9.18 Å². The van der Waals surface area contributed by atoms with Gasteiger partial charge in [-0.05, 0) is 43.3 Å². The first kappa shape index (κ1) is 16.4. The van der Waals surface area contributed by atoms with Crippen LogP contribution < -0.4 is 5.73 Å². The zero-order chi connectivity index (χ0) is 18.3. The summed E-state index contributed by atoms with van der Waals surface area (Å²) in [7, 11) is 0. The number of aryl methyl sites for hydroxylation is 1. The largest absolute Gasteiger partial charge is 0.397 e. The van der Waals surface area contributed by atoms with Gasteiger partial charge < -0.3 is 5.73 Å². The summed E-state index contributed by atoms with van der Waals surface area (Å²) in [5.74, 6) is -0.599. The average molecular weight is 362 g/mol. The van der Waals surface area contributed by atoms with Gasteiger partial charge in [0.15, 0.2) is 0 Å². The Labute approximate surface area is 153 Å². The first-order valence-corrected chi connectivity index (χ1v) is 8.91. The summed E-state index contributed by atoms with van der Waals surface area (Å²) < 4.78 is 13.1. The van der Waals surface area contributed by atoms with Crippen LogP contribution in [-0.4, -0.2) is 10.8 Å². The number of nitrogens with zero attached hydrogens (tertiary/aromatic N) is 1. The van der Waals surface area contributed by atoms with Gasteiger partial charge in [0.2, 0.25) is 5.78 Å². The summed E-state index contributed by atoms with van der Waals surface area (Å²) in [6.45, 7) is 2.04. The van der Waals surface area contributed by atoms with Gasteiger partial charge in [-0.3, -0.25) is 4.79 Å². The number of rotatable bonds is 3. The van der Waals surface area contributed by atoms with E-state index in [0.717, 1.165) is 16.6 Å². The molecule has 128 valence electrons. The van der Waals surface area contributed by atoms with Crippen LogP contribution in [0, 0.1) is 12.7 Å². The van der Waals surface area contributed by atoms with Gasteiger partial charge in [-0.1, -0.05) is 29.8 Å². The molecule has 0 aliphatic heterocycles. The van der Waals surface area contributed by atoms with Crippen molar-refractivity contribution in [1.82, 2.24) is 4.98 Å². The molecule has 26 heavy (non-hydrogen) atoms. The smallest absolute Gasteiger partial charge is 0.205 e. The van der Waals surface area contributed by atoms with Crippen molar-refractivity contribution in [2.45, 2.75) is 6.92 Å². The number of anilines is 1. The molecule has 2 aromatic heterocycles. The highest BCUT2D eigenvalue weighted by Crippen LogP contribution is 2.35. The fraction of sp³-hybridized carbons (Fsp3) is 0.0476. The first-order chi connectivity index (χ1) is 12.5. The molecule has 0 unspecified atom stereocenters. The number of thiophene rings is 1. The van der Waals surface area contributed by atoms with Crippen LogP contribution in [0.2, 0.25) is 0 Å². The molecule has 0 radical (unpaired) electrons. The Morgan fingerprint density at radius 2 is 1.69 bits per heavy atom. The minimum atomic E-state index is -0.379. The summed E-state index contributed by atoms with van der Waals surface area (Å²) in [6, 6.07) is 17.4. The molecule has 0 saturated carbocycles. The third-order valence-corrected chi connectivity index (χ3v) is 5.37. The van der Waals surface area contributed by atoms with Crippen LogP contribution in [0.5, 0.6) is 0 Å². The van der Waals surface area contributed by atoms with Crippen molar-refractivity contribution in [2.75, 3.05) is 5.73 Å². The van der Waals surface area contributed by atoms with Gasteiger partial charge in [-0.15, -0.1) is 11.3 Å². The zero-order valence-electron chi connectivity index (χ0n) is 14.0. The second-order valence-corrected chi connectivity index (χ2v) is 7.10. The molecular formula is C21H15FN2OS. The van der Waals surface area contributed by atoms with Crippen LogP contribution >= 0.6 is 11.3 Å². The number of nitrogens with two attached hydrogens (primary N) is 1. The van der Waals surface area contributed by atoms with Crippen molar-refractivity contribution in [3.05, 3.63) is 82.5 Å². The number of hydrogen-bond donors (Lipinski definition) is 1. The predicted octanol–water partition coefficient (Wildman–Crippen LogP) is 5.22. The van der Waals surface area contributed by atoms with Gasteiger partial charge in [0.05, 0.1) is 11.4 Å². The Morgan fingerprint density at radius 1 is 1.00 bits per heavy atom. The molecule has 2 heterocycles. The molecule has 4 aromatic rings. The summed E-state index contributed by atoms with van der Waals surface area (Å²) in [5, 5.41) is 0.760. The molecule has 0 saturated heterocycles. The van der Waals surface area contributed by atoms with Crippen LogP contribution in [0.1, 0.15) is 20.8 Å². The second kappa shape index (κ2) is 6.35. The Balaban J connectivity index is 1.77. The van der Waals surface area contributed by atoms with E-state index in [1.165, 1.54) is 41.2 Å². The highest BCUT2D eigenvalue weighted by molar-refractivity contribution is 7.21. The van der Waals surface area contributed by atoms with Crippen LogP contribution in [0.3, 0.4) is 0 Å². The van der Waals surface area contributed by atoms with E-state index < -0.39 is 0 Å². The number of pyridine rings is 1. The fourth-order valence-electron chi connectivity index (χ4n) is 2.78. The maximum atomic E-state index is 13.1. The number of fused-ring (bicyclic) bond motifs is 1. The SMILES string of the molecule is Cc1ccc(-c2ccc3c(N)c(C(=O)c4ccc(F)cc4)sc3n2)cc1. The molecule has 0 atom stereocenters. The molecule has 0 amide bonds. The van der Waals surface area contributed by atoms with Crippen molar-refractivity contribution < 1.29 is 9.18 Å². The van der Waals surface area contributed by atoms with Gasteiger partial charge in [0, 0.05) is 16.5 Å². The number of halogens is 1. The standard InChI is InChI=1S/C21H15FN2OS/c1-12-2-4-13(5-3-12)17-11-10-16-18(23)20(26-21(16)24-17)19(25)14-6-8-15(22)9-7-14/h2-11H,23H2,1H3. The summed E-state index contributed by atoms with van der Waals surface area (Å²) in [5.41, 5.74) is 10.0. The minimum Gasteiger partial charge on any atom is -0.397 e. The van der Waals surface area contributed by atoms with Crippen molar-refractivity contribution >= 4 is 33.0 Å². The lowest BCUT2D eigenvalue weighted by Gasteiger charge is -2.01. The third kappa shape index (κ3) is 2.86. The van der Waals surface area contributed by atoms with Crippen molar-refractivity contribution in [1.29, 1.82) is 0 Å². The molecule has 0 fully saturated rings. The molecule has 2 aromatic carbocycles. The summed E-state index contributed by atoms with van der Waals surface area (Å²) in [6.07, 6.45) is 0. The van der Waals surface area contributed by atoms with E-state index in [0.29, 0.717) is 21.0 Å². The van der Waals surface area contributed by atoms with Crippen LogP contribution in [-0.2, 0) is 0 Å². The van der Waals surface area contributed by atoms with Gasteiger partial charge in [-0.25, -0.2) is 9.37 Å². The second-order valence-electron chi connectivity index (χ2n) is 6.10. The Hall–Kier alpha value is -3.05. The number of carbonyl (C=O) groups excluding carboxylic acids is 1. The molecular weight excluding hydrogens is 347 g/mol. The number of benzene rings is 2. The van der Waals surface area contributed by atoms with E-state index in [1.807, 2.05) is 43.3 Å². The lowest BCUT2D eigenvalue weighted by Crippen LogP contribution is -2.01. The maximum absolute atomic E-state index is 13.1. The van der Waals surface area contributed by atoms with Crippen LogP contribution in [0.15, 0.2) is 60.7 Å². The molecule has 2 N–H and O–H groups in total. The van der Waals surface area contributed by atoms with Gasteiger partial charge in [0.25, 0.3) is 0 Å². The van der Waals surface area contributed by atoms with E-state index in [2.05, 4.69) is 4.98 Å². The Morgan fingerprint density at radius 3 is 2.38 bits per heavy atom. The van der Waals surface area contributed by atoms with Crippen molar-refractivity contribution in [2.24, 2.45) is 0 Å². The van der Waals surface area contributed by atoms with E-state index in [-0.39, 0.29) is 11.6 Å². The highest BCUT2D eigenvalue weighted by atomic mass is 32.1. The fourth-order valence-corrected chi connectivity index (χ4v) is 3.84. The van der Waals surface area contributed by atoms with E-state index in [1.54, 1.807) is 0 Å². The molecule has 4 rings (SSSR count). The predicted molar refractivity (Wildman–Crippen MR) is 104 cm³/mol. The molecule has 0 aliphatic carbocycles. The lowest BCUT2D eigenvalue weighted by atomic mass is 10.1. The van der Waals surface area contributed by atoms with Gasteiger partial charge >= 0.3 is 0 Å². The van der Waals surface area contributed by atoms with Crippen molar-refractivity contribution in [3.63, 3.8) is 0 Å². The Kier molecular flexibility index (Phi) is 4.01. The average Bonchev–Trinajstić information content (AvgIpc) is 2.98. The number of hydrogen-bond acceptors (Lipinski definition) is 4. The maximum Gasteiger partial charge on any atom is 0.205 e.